The van der Waals surface area contributed by atoms with Crippen molar-refractivity contribution < 1.29 is 37.1 Å². The molecule has 2 saturated heterocycles. The van der Waals surface area contributed by atoms with E-state index in [1.165, 1.54) is 0 Å². The van der Waals surface area contributed by atoms with E-state index in [1.54, 1.807) is 35.4 Å². The highest BCUT2D eigenvalue weighted by Crippen LogP contribution is 2.52. The summed E-state index contributed by atoms with van der Waals surface area (Å²) in [5.41, 5.74) is -4.58. The van der Waals surface area contributed by atoms with Crippen LogP contribution in [-0.4, -0.2) is 111 Å². The summed E-state index contributed by atoms with van der Waals surface area (Å²) in [4.78, 5) is 0. The van der Waals surface area contributed by atoms with Crippen LogP contribution in [0.15, 0.2) is 0 Å². The Kier molecular flexibility index (Phi) is 11.8. The zero-order valence-electron chi connectivity index (χ0n) is 18.3. The summed E-state index contributed by atoms with van der Waals surface area (Å²) in [7, 11) is 5.42. The summed E-state index contributed by atoms with van der Waals surface area (Å²) >= 11 is 19.2. The van der Waals surface area contributed by atoms with Crippen molar-refractivity contribution in [1.29, 1.82) is 0 Å². The standard InChI is InChI=1S/C15H31B2FO7P2S4/c1-19-5-8-12(25-27(4,30)31)13(20-2)15(23-8)17-7-21-6-9-11(24-26(3,28)29)10(18)14(16)22-9/h8-15,17H,5-7,16H2,1-4H3,(H,28,29)(H,30,31)/t8-,9-,10?,11?,12?,13?,14-,15-/m1/s1. The van der Waals surface area contributed by atoms with Gasteiger partial charge >= 0.3 is 0 Å². The molecular weight excluding hydrogens is 523 g/mol. The fraction of sp³-hybridized carbons (Fsp3) is 1.00. The number of ether oxygens (including phenoxy) is 5. The Bertz CT molecular complexity index is 675. The average Bonchev–Trinajstić information content (AvgIpc) is 3.08. The number of rotatable bonds is 12. The van der Waals surface area contributed by atoms with Gasteiger partial charge < -0.3 is 32.7 Å². The van der Waals surface area contributed by atoms with E-state index in [-0.39, 0.29) is 30.9 Å². The van der Waals surface area contributed by atoms with Gasteiger partial charge in [-0.2, -0.15) is 0 Å². The van der Waals surface area contributed by atoms with Crippen molar-refractivity contribution in [3.8, 4) is 0 Å². The molecule has 0 amide bonds. The summed E-state index contributed by atoms with van der Waals surface area (Å²) in [5, 5.41) is 0. The second-order valence-corrected chi connectivity index (χ2v) is 21.8. The van der Waals surface area contributed by atoms with Crippen LogP contribution in [0.4, 0.5) is 4.39 Å². The van der Waals surface area contributed by atoms with E-state index in [1.807, 2.05) is 0 Å². The molecule has 0 radical (unpaired) electrons. The van der Waals surface area contributed by atoms with Gasteiger partial charge in [-0.15, -0.1) is 24.5 Å². The Morgan fingerprint density at radius 3 is 2.13 bits per heavy atom. The summed E-state index contributed by atoms with van der Waals surface area (Å²) < 4.78 is 54.6. The van der Waals surface area contributed by atoms with Gasteiger partial charge in [-0.25, -0.2) is 4.39 Å². The van der Waals surface area contributed by atoms with Gasteiger partial charge in [-0.1, -0.05) is 23.6 Å². The van der Waals surface area contributed by atoms with Gasteiger partial charge in [0.05, 0.1) is 25.2 Å². The zero-order chi connectivity index (χ0) is 23.4. The molecule has 2 rings (SSSR count). The molecular formula is C15H31B2FO7P2S4. The molecule has 31 heavy (non-hydrogen) atoms. The Balaban J connectivity index is 1.90. The molecule has 0 aliphatic carbocycles. The maximum atomic E-state index is 14.5. The van der Waals surface area contributed by atoms with Crippen molar-refractivity contribution in [3.05, 3.63) is 0 Å². The molecule has 7 nitrogen and oxygen atoms in total. The Morgan fingerprint density at radius 1 is 1.00 bits per heavy atom. The molecule has 0 aromatic heterocycles. The van der Waals surface area contributed by atoms with Crippen molar-refractivity contribution in [2.75, 3.05) is 47.3 Å². The van der Waals surface area contributed by atoms with Crippen LogP contribution in [0.2, 0.25) is 0 Å². The molecule has 16 heteroatoms. The summed E-state index contributed by atoms with van der Waals surface area (Å²) in [5.74, 6) is 0. The van der Waals surface area contributed by atoms with E-state index < -0.39 is 35.3 Å². The quantitative estimate of drug-likeness (QED) is 0.159. The highest BCUT2D eigenvalue weighted by atomic mass is 32.9. The van der Waals surface area contributed by atoms with Crippen LogP contribution in [0.25, 0.3) is 0 Å². The predicted octanol–water partition coefficient (Wildman–Crippen LogP) is 0.988. The predicted molar refractivity (Wildman–Crippen MR) is 140 cm³/mol. The first-order valence-electron chi connectivity index (χ1n) is 9.88. The molecule has 0 aromatic rings. The van der Waals surface area contributed by atoms with Crippen LogP contribution in [0, 0.1) is 0 Å². The van der Waals surface area contributed by atoms with E-state index in [0.717, 1.165) is 0 Å². The van der Waals surface area contributed by atoms with Crippen molar-refractivity contribution >= 4 is 74.2 Å². The molecule has 2 fully saturated rings. The van der Waals surface area contributed by atoms with E-state index in [9.17, 15) is 4.39 Å². The Morgan fingerprint density at radius 2 is 1.58 bits per heavy atom. The van der Waals surface area contributed by atoms with Gasteiger partial charge in [0.25, 0.3) is 0 Å². The molecule has 0 aromatic carbocycles. The van der Waals surface area contributed by atoms with Crippen molar-refractivity contribution in [1.82, 2.24) is 0 Å². The number of hydrogen-bond acceptors (Lipinski definition) is 9. The first-order chi connectivity index (χ1) is 14.4. The maximum absolute atomic E-state index is 14.5. The van der Waals surface area contributed by atoms with Crippen LogP contribution in [0.5, 0.6) is 0 Å². The van der Waals surface area contributed by atoms with Crippen molar-refractivity contribution in [2.45, 2.75) is 48.7 Å². The molecule has 2 aliphatic rings. The minimum absolute atomic E-state index is 0.177. The smallest absolute Gasteiger partial charge is 0.192 e. The molecule has 2 aliphatic heterocycles. The Hall–Kier alpha value is 1.78. The molecule has 6 unspecified atom stereocenters. The summed E-state index contributed by atoms with van der Waals surface area (Å²) in [6.07, 6.45) is -3.63. The first kappa shape index (κ1) is 29.0. The largest absolute Gasteiger partial charge is 0.387 e. The zero-order valence-corrected chi connectivity index (χ0v) is 23.5. The lowest BCUT2D eigenvalue weighted by atomic mass is 9.70. The number of halogens is 1. The van der Waals surface area contributed by atoms with E-state index in [0.29, 0.717) is 20.4 Å². The average molecular weight is 554 g/mol. The third-order valence-corrected chi connectivity index (χ3v) is 7.34. The van der Waals surface area contributed by atoms with Crippen LogP contribution >= 0.6 is 35.4 Å². The lowest BCUT2D eigenvalue weighted by Crippen LogP contribution is -2.40. The van der Waals surface area contributed by atoms with Crippen LogP contribution in [-0.2, 0) is 56.3 Å². The van der Waals surface area contributed by atoms with Crippen molar-refractivity contribution in [3.63, 3.8) is 0 Å². The fourth-order valence-electron chi connectivity index (χ4n) is 3.76. The molecule has 0 N–H and O–H groups in total. The van der Waals surface area contributed by atoms with E-state index in [2.05, 4.69) is 24.5 Å². The maximum Gasteiger partial charge on any atom is 0.192 e. The molecule has 2 heterocycles. The molecule has 0 saturated carbocycles. The van der Waals surface area contributed by atoms with Gasteiger partial charge in [0.1, 0.15) is 55.5 Å². The van der Waals surface area contributed by atoms with Gasteiger partial charge in [0, 0.05) is 20.7 Å². The summed E-state index contributed by atoms with van der Waals surface area (Å²) in [6.45, 7) is 4.37. The number of hydrogen-bond donors (Lipinski definition) is 2. The van der Waals surface area contributed by atoms with Crippen LogP contribution < -0.4 is 0 Å². The third kappa shape index (κ3) is 9.06. The number of methoxy groups -OCH3 is 2. The molecule has 180 valence electrons. The minimum Gasteiger partial charge on any atom is -0.387 e. The second-order valence-electron chi connectivity index (χ2n) is 7.80. The monoisotopic (exact) mass is 554 g/mol. The van der Waals surface area contributed by atoms with Crippen molar-refractivity contribution in [2.24, 2.45) is 0 Å². The number of alkyl halides is 1. The summed E-state index contributed by atoms with van der Waals surface area (Å²) in [6, 6.07) is -0.858. The fourth-order valence-corrected chi connectivity index (χ4v) is 6.42. The molecule has 0 spiro atoms. The van der Waals surface area contributed by atoms with Gasteiger partial charge in [-0.3, -0.25) is 0 Å². The topological polar surface area (TPSA) is 64.6 Å². The first-order valence-corrected chi connectivity index (χ1v) is 18.5. The van der Waals surface area contributed by atoms with Crippen LogP contribution in [0.1, 0.15) is 0 Å². The highest BCUT2D eigenvalue weighted by molar-refractivity contribution is 8.61. The lowest BCUT2D eigenvalue weighted by molar-refractivity contribution is -0.0174. The minimum atomic E-state index is -2.34. The van der Waals surface area contributed by atoms with Gasteiger partial charge in [0.15, 0.2) is 7.28 Å². The lowest BCUT2D eigenvalue weighted by Gasteiger charge is -2.26. The highest BCUT2D eigenvalue weighted by Gasteiger charge is 2.47. The molecule has 0 bridgehead atoms. The molecule has 10 atom stereocenters. The Labute approximate surface area is 206 Å². The van der Waals surface area contributed by atoms with E-state index in [4.69, 9.17) is 56.3 Å². The van der Waals surface area contributed by atoms with Gasteiger partial charge in [-0.05, 0) is 13.3 Å². The number of thiol groups is 2. The van der Waals surface area contributed by atoms with Crippen LogP contribution in [0.3, 0.4) is 0 Å². The normalized spacial score (nSPS) is 39.8. The second kappa shape index (κ2) is 12.7. The third-order valence-electron chi connectivity index (χ3n) is 4.99. The van der Waals surface area contributed by atoms with E-state index >= 15 is 0 Å². The SMILES string of the molecule is B[C@@H]1O[C@H](COCB[C@@H]2O[C@H](COC)C(OP(C)(=S)S)C2OC)C(OP(C)(=S)S)C1F. The van der Waals surface area contributed by atoms with Gasteiger partial charge in [0.2, 0.25) is 0 Å².